The standard InChI is InChI=1S/C25H27ClF3NO2/c1-17(32-22-11-7-20(8-12-22)25(27,28)29)18-4-2-15-30(16-18)23(31)24(13-3-14-24)19-5-9-21(26)10-6-19/h5-12,17-18H,2-4,13-16H2,1H3. The number of halogens is 4. The van der Waals surface area contributed by atoms with Crippen LogP contribution in [0.4, 0.5) is 13.2 Å². The molecule has 1 heterocycles. The van der Waals surface area contributed by atoms with Gasteiger partial charge in [0.15, 0.2) is 0 Å². The molecular weight excluding hydrogens is 439 g/mol. The summed E-state index contributed by atoms with van der Waals surface area (Å²) in [6.07, 6.45) is -0.0730. The van der Waals surface area contributed by atoms with Crippen molar-refractivity contribution in [2.75, 3.05) is 13.1 Å². The molecule has 2 atom stereocenters. The fourth-order valence-corrected chi connectivity index (χ4v) is 4.96. The molecule has 2 aromatic carbocycles. The highest BCUT2D eigenvalue weighted by Crippen LogP contribution is 2.46. The van der Waals surface area contributed by atoms with Crippen LogP contribution in [0.1, 0.15) is 50.2 Å². The summed E-state index contributed by atoms with van der Waals surface area (Å²) in [6.45, 7) is 3.24. The van der Waals surface area contributed by atoms with Crippen LogP contribution in [0.5, 0.6) is 5.75 Å². The summed E-state index contributed by atoms with van der Waals surface area (Å²) in [5, 5.41) is 0.656. The lowest BCUT2D eigenvalue weighted by Gasteiger charge is -2.46. The van der Waals surface area contributed by atoms with Gasteiger partial charge >= 0.3 is 6.18 Å². The Balaban J connectivity index is 1.42. The molecule has 2 aromatic rings. The molecule has 32 heavy (non-hydrogen) atoms. The number of carbonyl (C=O) groups excluding carboxylic acids is 1. The minimum Gasteiger partial charge on any atom is -0.490 e. The van der Waals surface area contributed by atoms with Gasteiger partial charge in [0, 0.05) is 24.0 Å². The first-order valence-corrected chi connectivity index (χ1v) is 11.5. The van der Waals surface area contributed by atoms with E-state index in [0.717, 1.165) is 56.3 Å². The number of hydrogen-bond acceptors (Lipinski definition) is 2. The molecule has 0 N–H and O–H groups in total. The van der Waals surface area contributed by atoms with Crippen LogP contribution in [-0.4, -0.2) is 30.0 Å². The van der Waals surface area contributed by atoms with Crippen molar-refractivity contribution in [2.45, 2.75) is 56.7 Å². The van der Waals surface area contributed by atoms with E-state index in [1.165, 1.54) is 12.1 Å². The van der Waals surface area contributed by atoms with Gasteiger partial charge in [0.25, 0.3) is 0 Å². The third-order valence-corrected chi connectivity index (χ3v) is 7.18. The van der Waals surface area contributed by atoms with Crippen LogP contribution < -0.4 is 4.74 Å². The second kappa shape index (κ2) is 8.97. The predicted octanol–water partition coefficient (Wildman–Crippen LogP) is 6.49. The molecule has 7 heteroatoms. The summed E-state index contributed by atoms with van der Waals surface area (Å²) in [7, 11) is 0. The van der Waals surface area contributed by atoms with E-state index < -0.39 is 17.2 Å². The highest BCUT2D eigenvalue weighted by molar-refractivity contribution is 6.30. The van der Waals surface area contributed by atoms with E-state index in [9.17, 15) is 18.0 Å². The number of carbonyl (C=O) groups is 1. The van der Waals surface area contributed by atoms with E-state index >= 15 is 0 Å². The molecule has 0 radical (unpaired) electrons. The fraction of sp³-hybridized carbons (Fsp3) is 0.480. The van der Waals surface area contributed by atoms with Gasteiger partial charge in [-0.05, 0) is 74.6 Å². The first kappa shape index (κ1) is 23.0. The molecule has 0 aromatic heterocycles. The van der Waals surface area contributed by atoms with Crippen molar-refractivity contribution in [3.05, 3.63) is 64.7 Å². The number of benzene rings is 2. The quantitative estimate of drug-likeness (QED) is 0.505. The molecule has 0 bridgehead atoms. The van der Waals surface area contributed by atoms with Crippen molar-refractivity contribution < 1.29 is 22.7 Å². The lowest BCUT2D eigenvalue weighted by Crippen LogP contribution is -2.54. The van der Waals surface area contributed by atoms with Gasteiger partial charge in [-0.2, -0.15) is 13.2 Å². The van der Waals surface area contributed by atoms with Crippen molar-refractivity contribution in [3.63, 3.8) is 0 Å². The summed E-state index contributed by atoms with van der Waals surface area (Å²) in [6, 6.07) is 12.4. The average Bonchev–Trinajstić information content (AvgIpc) is 2.74. The zero-order chi connectivity index (χ0) is 22.9. The smallest absolute Gasteiger partial charge is 0.416 e. The maximum absolute atomic E-state index is 13.6. The topological polar surface area (TPSA) is 29.5 Å². The zero-order valence-electron chi connectivity index (χ0n) is 18.0. The van der Waals surface area contributed by atoms with Crippen LogP contribution in [0.2, 0.25) is 5.02 Å². The van der Waals surface area contributed by atoms with E-state index in [-0.39, 0.29) is 17.9 Å². The number of amides is 1. The molecule has 1 amide bonds. The van der Waals surface area contributed by atoms with Crippen LogP contribution in [0.15, 0.2) is 48.5 Å². The minimum atomic E-state index is -4.37. The molecule has 2 fully saturated rings. The van der Waals surface area contributed by atoms with E-state index in [1.807, 2.05) is 36.1 Å². The third-order valence-electron chi connectivity index (χ3n) is 6.93. The average molecular weight is 466 g/mol. The highest BCUT2D eigenvalue weighted by Gasteiger charge is 2.48. The second-order valence-corrected chi connectivity index (χ2v) is 9.38. The number of nitrogens with zero attached hydrogens (tertiary/aromatic N) is 1. The Morgan fingerprint density at radius 3 is 2.31 bits per heavy atom. The predicted molar refractivity (Wildman–Crippen MR) is 118 cm³/mol. The van der Waals surface area contributed by atoms with E-state index in [2.05, 4.69) is 0 Å². The molecular formula is C25H27ClF3NO2. The SMILES string of the molecule is CC(Oc1ccc(C(F)(F)F)cc1)C1CCCN(C(=O)C2(c3ccc(Cl)cc3)CCC2)C1. The van der Waals surface area contributed by atoms with E-state index in [0.29, 0.717) is 17.3 Å². The van der Waals surface area contributed by atoms with Gasteiger partial charge < -0.3 is 9.64 Å². The van der Waals surface area contributed by atoms with Crippen molar-refractivity contribution in [3.8, 4) is 5.75 Å². The Labute approximate surface area is 191 Å². The molecule has 1 aliphatic heterocycles. The van der Waals surface area contributed by atoms with Crippen LogP contribution in [0.3, 0.4) is 0 Å². The summed E-state index contributed by atoms with van der Waals surface area (Å²) in [4.78, 5) is 15.5. The van der Waals surface area contributed by atoms with Crippen molar-refractivity contribution >= 4 is 17.5 Å². The van der Waals surface area contributed by atoms with Gasteiger partial charge in [-0.15, -0.1) is 0 Å². The number of likely N-dealkylation sites (tertiary alicyclic amines) is 1. The largest absolute Gasteiger partial charge is 0.490 e. The lowest BCUT2D eigenvalue weighted by molar-refractivity contribution is -0.143. The van der Waals surface area contributed by atoms with Crippen molar-refractivity contribution in [1.29, 1.82) is 0 Å². The summed E-state index contributed by atoms with van der Waals surface area (Å²) < 4.78 is 44.3. The number of ether oxygens (including phenoxy) is 1. The van der Waals surface area contributed by atoms with E-state index in [4.69, 9.17) is 16.3 Å². The van der Waals surface area contributed by atoms with Gasteiger partial charge in [0.05, 0.1) is 11.0 Å². The van der Waals surface area contributed by atoms with Crippen LogP contribution in [-0.2, 0) is 16.4 Å². The molecule has 1 saturated carbocycles. The number of hydrogen-bond donors (Lipinski definition) is 0. The fourth-order valence-electron chi connectivity index (χ4n) is 4.84. The molecule has 4 rings (SSSR count). The summed E-state index contributed by atoms with van der Waals surface area (Å²) >= 11 is 6.04. The Morgan fingerprint density at radius 2 is 1.75 bits per heavy atom. The van der Waals surface area contributed by atoms with Crippen LogP contribution >= 0.6 is 11.6 Å². The highest BCUT2D eigenvalue weighted by atomic mass is 35.5. The Kier molecular flexibility index (Phi) is 6.44. The first-order chi connectivity index (χ1) is 15.2. The number of alkyl halides is 3. The monoisotopic (exact) mass is 465 g/mol. The summed E-state index contributed by atoms with van der Waals surface area (Å²) in [5.74, 6) is 0.695. The maximum Gasteiger partial charge on any atom is 0.416 e. The van der Waals surface area contributed by atoms with Crippen LogP contribution in [0, 0.1) is 5.92 Å². The molecule has 2 aliphatic rings. The zero-order valence-corrected chi connectivity index (χ0v) is 18.8. The van der Waals surface area contributed by atoms with Gasteiger partial charge in [0.2, 0.25) is 5.91 Å². The molecule has 1 aliphatic carbocycles. The molecule has 1 saturated heterocycles. The molecule has 2 unspecified atom stereocenters. The Bertz CT molecular complexity index is 939. The Morgan fingerprint density at radius 1 is 1.09 bits per heavy atom. The Hall–Kier alpha value is -2.21. The third kappa shape index (κ3) is 4.61. The number of piperidine rings is 1. The maximum atomic E-state index is 13.6. The van der Waals surface area contributed by atoms with Gasteiger partial charge in [-0.1, -0.05) is 30.2 Å². The first-order valence-electron chi connectivity index (χ1n) is 11.1. The van der Waals surface area contributed by atoms with Crippen LogP contribution in [0.25, 0.3) is 0 Å². The van der Waals surface area contributed by atoms with Gasteiger partial charge in [-0.25, -0.2) is 0 Å². The van der Waals surface area contributed by atoms with Crippen molar-refractivity contribution in [1.82, 2.24) is 4.90 Å². The second-order valence-electron chi connectivity index (χ2n) is 8.94. The summed E-state index contributed by atoms with van der Waals surface area (Å²) in [5.41, 5.74) is -0.140. The minimum absolute atomic E-state index is 0.123. The molecule has 0 spiro atoms. The number of rotatable bonds is 5. The normalized spacial score (nSPS) is 21.5. The van der Waals surface area contributed by atoms with Crippen molar-refractivity contribution in [2.24, 2.45) is 5.92 Å². The molecule has 172 valence electrons. The molecule has 3 nitrogen and oxygen atoms in total. The van der Waals surface area contributed by atoms with E-state index in [1.54, 1.807) is 0 Å². The van der Waals surface area contributed by atoms with Gasteiger partial charge in [-0.3, -0.25) is 4.79 Å². The van der Waals surface area contributed by atoms with Gasteiger partial charge in [0.1, 0.15) is 11.9 Å². The lowest BCUT2D eigenvalue weighted by atomic mass is 9.63.